The van der Waals surface area contributed by atoms with Crippen molar-refractivity contribution in [2.45, 2.75) is 0 Å². The van der Waals surface area contributed by atoms with E-state index in [1.54, 1.807) is 6.07 Å². The van der Waals surface area contributed by atoms with Gasteiger partial charge in [-0.05, 0) is 12.1 Å². The third kappa shape index (κ3) is 1.93. The van der Waals surface area contributed by atoms with Crippen LogP contribution in [0.2, 0.25) is 1.41 Å². The third-order valence-corrected chi connectivity index (χ3v) is 1.72. The van der Waals surface area contributed by atoms with Gasteiger partial charge in [-0.2, -0.15) is 0 Å². The van der Waals surface area contributed by atoms with E-state index in [0.29, 0.717) is 0 Å². The third-order valence-electron chi connectivity index (χ3n) is 1.72. The Morgan fingerprint density at radius 3 is 3.00 bits per heavy atom. The number of hydrogen-bond acceptors (Lipinski definition) is 2. The average molecular weight is 198 g/mol. The topological polar surface area (TPSA) is 32.3 Å². The van der Waals surface area contributed by atoms with Crippen molar-refractivity contribution in [3.05, 3.63) is 35.9 Å². The summed E-state index contributed by atoms with van der Waals surface area (Å²) in [5, 5.41) is -0.230. The first kappa shape index (κ1) is 3.66. The van der Waals surface area contributed by atoms with E-state index < -0.39 is 31.9 Å². The Balaban J connectivity index is 2.55. The summed E-state index contributed by atoms with van der Waals surface area (Å²) in [5.74, 6) is -1.01. The SMILES string of the molecule is [2H]C1N(C(=O)c2ccccc2)C([2H])([2H])C([2H])([2H])N([2H])C1([2H])[2H]. The van der Waals surface area contributed by atoms with Crippen LogP contribution in [0.25, 0.3) is 0 Å². The first-order chi connectivity index (χ1) is 9.95. The summed E-state index contributed by atoms with van der Waals surface area (Å²) in [6.07, 6.45) is 0. The van der Waals surface area contributed by atoms with Crippen LogP contribution in [-0.4, -0.2) is 36.8 Å². The largest absolute Gasteiger partial charge is 0.336 e. The van der Waals surface area contributed by atoms with Crippen molar-refractivity contribution in [2.24, 2.45) is 0 Å². The summed E-state index contributed by atoms with van der Waals surface area (Å²) >= 11 is 0. The van der Waals surface area contributed by atoms with E-state index in [1.165, 1.54) is 24.3 Å². The maximum absolute atomic E-state index is 12.5. The molecule has 1 heterocycles. The van der Waals surface area contributed by atoms with Gasteiger partial charge in [0.2, 0.25) is 0 Å². The van der Waals surface area contributed by atoms with Crippen LogP contribution in [0.15, 0.2) is 30.3 Å². The minimum atomic E-state index is -3.13. The number of hydrogen-bond donors (Lipinski definition) is 1. The molecular formula is C11H14N2O. The van der Waals surface area contributed by atoms with Crippen LogP contribution >= 0.6 is 0 Å². The summed E-state index contributed by atoms with van der Waals surface area (Å²) in [5.41, 5.74) is 0.00801. The molecule has 2 rings (SSSR count). The van der Waals surface area contributed by atoms with E-state index in [4.69, 9.17) is 11.0 Å². The molecule has 0 aliphatic carbocycles. The molecule has 1 saturated heterocycles. The van der Waals surface area contributed by atoms with Gasteiger partial charge in [0.1, 0.15) is 1.41 Å². The molecule has 1 fully saturated rings. The zero-order valence-electron chi connectivity index (χ0n) is 15.3. The molecule has 3 heteroatoms. The Labute approximate surface area is 95.0 Å². The van der Waals surface area contributed by atoms with Crippen LogP contribution in [0.3, 0.4) is 0 Å². The highest BCUT2D eigenvalue weighted by Crippen LogP contribution is 2.05. The van der Waals surface area contributed by atoms with Crippen molar-refractivity contribution >= 4 is 5.91 Å². The highest BCUT2D eigenvalue weighted by atomic mass is 16.2. The Morgan fingerprint density at radius 2 is 2.21 bits per heavy atom. The van der Waals surface area contributed by atoms with Gasteiger partial charge in [0.25, 0.3) is 5.91 Å². The number of benzene rings is 1. The van der Waals surface area contributed by atoms with E-state index in [9.17, 15) is 4.79 Å². The Bertz CT molecular complexity index is 579. The van der Waals surface area contributed by atoms with Crippen molar-refractivity contribution in [2.75, 3.05) is 26.0 Å². The van der Waals surface area contributed by atoms with E-state index in [-0.39, 0.29) is 15.8 Å². The molecule has 1 aliphatic rings. The van der Waals surface area contributed by atoms with Crippen molar-refractivity contribution < 1.29 is 15.8 Å². The second-order valence-electron chi connectivity index (χ2n) is 2.63. The van der Waals surface area contributed by atoms with Crippen LogP contribution in [0.1, 0.15) is 20.0 Å². The maximum Gasteiger partial charge on any atom is 0.253 e. The lowest BCUT2D eigenvalue weighted by atomic mass is 10.2. The van der Waals surface area contributed by atoms with Gasteiger partial charge in [-0.25, -0.2) is 0 Å². The molecule has 1 aliphatic heterocycles. The van der Waals surface area contributed by atoms with Gasteiger partial charge in [-0.3, -0.25) is 4.79 Å². The Hall–Kier alpha value is -1.35. The number of carbonyl (C=O) groups is 1. The number of piperazine rings is 1. The monoisotopic (exact) mass is 198 g/mol. The molecule has 0 aromatic heterocycles. The zero-order chi connectivity index (χ0) is 16.9. The van der Waals surface area contributed by atoms with Crippen molar-refractivity contribution in [1.29, 1.82) is 0 Å². The molecule has 1 unspecified atom stereocenters. The Kier molecular flexibility index (Phi) is 1.11. The van der Waals surface area contributed by atoms with Gasteiger partial charge in [-0.15, -0.1) is 0 Å². The summed E-state index contributed by atoms with van der Waals surface area (Å²) < 4.78 is 61.7. The molecule has 1 aromatic rings. The van der Waals surface area contributed by atoms with E-state index in [0.717, 1.165) is 0 Å². The quantitative estimate of drug-likeness (QED) is 0.721. The predicted octanol–water partition coefficient (Wildman–Crippen LogP) is 0.732. The standard InChI is InChI=1S/C11H14N2O/c14-11(10-4-2-1-3-5-10)13-8-6-12-7-9-13/h1-5,12H,6-9H2/i6D2,7D2,8D,9D2/hD. The lowest BCUT2D eigenvalue weighted by molar-refractivity contribution is 0.0736. The summed E-state index contributed by atoms with van der Waals surface area (Å²) in [6, 6.07) is 7.40. The normalized spacial score (nSPS) is 42.6. The minimum Gasteiger partial charge on any atom is -0.336 e. The van der Waals surface area contributed by atoms with Crippen molar-refractivity contribution in [3.63, 3.8) is 0 Å². The van der Waals surface area contributed by atoms with E-state index in [1.807, 2.05) is 0 Å². The molecule has 0 radical (unpaired) electrons. The lowest BCUT2D eigenvalue weighted by Gasteiger charge is -2.27. The van der Waals surface area contributed by atoms with Crippen LogP contribution in [-0.2, 0) is 0 Å². The average Bonchev–Trinajstić information content (AvgIpc) is 2.45. The summed E-state index contributed by atoms with van der Waals surface area (Å²) in [7, 11) is 0. The second-order valence-corrected chi connectivity index (χ2v) is 2.63. The van der Waals surface area contributed by atoms with Gasteiger partial charge in [0.15, 0.2) is 0 Å². The van der Waals surface area contributed by atoms with Crippen LogP contribution < -0.4 is 5.31 Å². The highest BCUT2D eigenvalue weighted by molar-refractivity contribution is 5.94. The molecule has 0 saturated carbocycles. The molecule has 0 bridgehead atoms. The van der Waals surface area contributed by atoms with Crippen molar-refractivity contribution in [3.8, 4) is 0 Å². The van der Waals surface area contributed by atoms with Crippen LogP contribution in [0.4, 0.5) is 0 Å². The Morgan fingerprint density at radius 1 is 1.43 bits per heavy atom. The molecule has 3 nitrogen and oxygen atoms in total. The lowest BCUT2D eigenvalue weighted by Crippen LogP contribution is -2.46. The summed E-state index contributed by atoms with van der Waals surface area (Å²) in [4.78, 5) is 12.7. The molecule has 1 amide bonds. The number of rotatable bonds is 1. The first-order valence-electron chi connectivity index (χ1n) is 8.08. The predicted molar refractivity (Wildman–Crippen MR) is 55.2 cm³/mol. The smallest absolute Gasteiger partial charge is 0.253 e. The molecule has 1 aromatic carbocycles. The fourth-order valence-electron chi connectivity index (χ4n) is 1.06. The number of carbonyl (C=O) groups excluding carboxylic acids is 1. The van der Waals surface area contributed by atoms with Crippen molar-refractivity contribution in [1.82, 2.24) is 10.2 Å². The van der Waals surface area contributed by atoms with Gasteiger partial charge in [0, 0.05) is 37.1 Å². The molecule has 74 valence electrons. The molecule has 0 spiro atoms. The van der Waals surface area contributed by atoms with Gasteiger partial charge in [-0.1, -0.05) is 18.2 Å². The fourth-order valence-corrected chi connectivity index (χ4v) is 1.06. The van der Waals surface area contributed by atoms with E-state index in [2.05, 4.69) is 0 Å². The summed E-state index contributed by atoms with van der Waals surface area (Å²) in [6.45, 7) is -11.2. The van der Waals surface area contributed by atoms with Gasteiger partial charge in [0.05, 0.1) is 4.11 Å². The van der Waals surface area contributed by atoms with Gasteiger partial charge < -0.3 is 10.2 Å². The molecular weight excluding hydrogens is 176 g/mol. The van der Waals surface area contributed by atoms with Gasteiger partial charge >= 0.3 is 0 Å². The number of nitrogens with one attached hydrogen (secondary N) is 1. The number of nitrogens with zero attached hydrogens (tertiary/aromatic N) is 1. The van der Waals surface area contributed by atoms with Crippen LogP contribution in [0, 0.1) is 0 Å². The minimum absolute atomic E-state index is 0.00801. The highest BCUT2D eigenvalue weighted by Gasteiger charge is 2.16. The molecule has 1 atom stereocenters. The molecule has 1 N–H and O–H groups in total. The maximum atomic E-state index is 12.5. The van der Waals surface area contributed by atoms with E-state index >= 15 is 0 Å². The fraction of sp³-hybridized carbons (Fsp3) is 0.364. The number of amides is 1. The van der Waals surface area contributed by atoms with Crippen LogP contribution in [0.5, 0.6) is 0 Å². The zero-order valence-corrected chi connectivity index (χ0v) is 7.27. The first-order valence-corrected chi connectivity index (χ1v) is 4.06. The second kappa shape index (κ2) is 4.24. The molecule has 14 heavy (non-hydrogen) atoms.